The van der Waals surface area contributed by atoms with Crippen molar-refractivity contribution in [3.05, 3.63) is 39.6 Å². The molecule has 0 aromatic carbocycles. The number of aliphatic hydroxyl groups excluding tert-OH is 1. The van der Waals surface area contributed by atoms with Crippen LogP contribution < -0.4 is 4.74 Å². The van der Waals surface area contributed by atoms with Gasteiger partial charge in [0.05, 0.1) is 18.3 Å². The first-order chi connectivity index (χ1) is 13.0. The molecule has 3 aromatic heterocycles. The lowest BCUT2D eigenvalue weighted by molar-refractivity contribution is -0.135. The summed E-state index contributed by atoms with van der Waals surface area (Å²) in [5.74, 6) is 0.138. The maximum absolute atomic E-state index is 12.0. The molecule has 0 saturated carbocycles. The molecule has 4 rings (SSSR count). The van der Waals surface area contributed by atoms with Gasteiger partial charge in [-0.3, -0.25) is 4.79 Å². The second-order valence-corrected chi connectivity index (χ2v) is 6.92. The fraction of sp³-hybridized carbons (Fsp3) is 0.278. The number of rotatable bonds is 3. The minimum absolute atomic E-state index is 0.172. The van der Waals surface area contributed by atoms with Gasteiger partial charge in [-0.1, -0.05) is 29.3 Å². The standard InChI is InChI=1S/C18H16Cl2N4O3/c1-27-12-4-2-3-11(21-12)16-14-9-7-24(13(26)8-25)6-5-10(9)22-17(14)15(19)18(20)23-16/h2-4,22,25H,5-8H2,1H3. The van der Waals surface area contributed by atoms with E-state index in [0.717, 1.165) is 16.6 Å². The van der Waals surface area contributed by atoms with Crippen LogP contribution in [0.2, 0.25) is 10.2 Å². The van der Waals surface area contributed by atoms with Crippen molar-refractivity contribution in [2.45, 2.75) is 13.0 Å². The van der Waals surface area contributed by atoms with E-state index in [-0.39, 0.29) is 11.1 Å². The van der Waals surface area contributed by atoms with Crippen LogP contribution in [0.3, 0.4) is 0 Å². The van der Waals surface area contributed by atoms with Crippen LogP contribution in [0.1, 0.15) is 11.3 Å². The lowest BCUT2D eigenvalue weighted by Gasteiger charge is -2.26. The number of amides is 1. The van der Waals surface area contributed by atoms with Gasteiger partial charge in [-0.25, -0.2) is 9.97 Å². The van der Waals surface area contributed by atoms with E-state index in [1.54, 1.807) is 18.1 Å². The predicted octanol–water partition coefficient (Wildman–Crippen LogP) is 2.82. The molecule has 0 saturated heterocycles. The Kier molecular flexibility index (Phi) is 4.67. The Morgan fingerprint density at radius 2 is 2.19 bits per heavy atom. The summed E-state index contributed by atoms with van der Waals surface area (Å²) in [4.78, 5) is 25.8. The topological polar surface area (TPSA) is 91.3 Å². The van der Waals surface area contributed by atoms with Crippen molar-refractivity contribution in [2.75, 3.05) is 20.3 Å². The van der Waals surface area contributed by atoms with E-state index in [1.807, 2.05) is 12.1 Å². The molecule has 0 spiro atoms. The molecule has 0 bridgehead atoms. The van der Waals surface area contributed by atoms with Crippen LogP contribution in [0, 0.1) is 0 Å². The molecule has 2 N–H and O–H groups in total. The van der Waals surface area contributed by atoms with Crippen molar-refractivity contribution in [2.24, 2.45) is 0 Å². The number of carbonyl (C=O) groups is 1. The van der Waals surface area contributed by atoms with Gasteiger partial charge in [-0.05, 0) is 6.07 Å². The quantitative estimate of drug-likeness (QED) is 0.652. The Bertz CT molecular complexity index is 1050. The number of methoxy groups -OCH3 is 1. The number of fused-ring (bicyclic) bond motifs is 3. The van der Waals surface area contributed by atoms with Gasteiger partial charge >= 0.3 is 0 Å². The highest BCUT2D eigenvalue weighted by molar-refractivity contribution is 6.44. The van der Waals surface area contributed by atoms with Crippen LogP contribution >= 0.6 is 23.2 Å². The van der Waals surface area contributed by atoms with E-state index in [1.165, 1.54) is 0 Å². The highest BCUT2D eigenvalue weighted by Gasteiger charge is 2.28. The summed E-state index contributed by atoms with van der Waals surface area (Å²) < 4.78 is 5.21. The van der Waals surface area contributed by atoms with Crippen LogP contribution in [0.4, 0.5) is 0 Å². The molecule has 0 atom stereocenters. The summed E-state index contributed by atoms with van der Waals surface area (Å²) in [6.07, 6.45) is 0.620. The van der Waals surface area contributed by atoms with Gasteiger partial charge in [-0.15, -0.1) is 0 Å². The fourth-order valence-corrected chi connectivity index (χ4v) is 3.75. The molecule has 4 heterocycles. The number of aromatic nitrogens is 3. The number of ether oxygens (including phenoxy) is 1. The molecule has 0 fully saturated rings. The van der Waals surface area contributed by atoms with E-state index >= 15 is 0 Å². The molecule has 0 unspecified atom stereocenters. The summed E-state index contributed by atoms with van der Waals surface area (Å²) in [6, 6.07) is 5.37. The van der Waals surface area contributed by atoms with Crippen LogP contribution in [0.5, 0.6) is 5.88 Å². The summed E-state index contributed by atoms with van der Waals surface area (Å²) in [5, 5.41) is 10.5. The normalized spacial score (nSPS) is 13.7. The molecular formula is C18H16Cl2N4O3. The van der Waals surface area contributed by atoms with Crippen molar-refractivity contribution in [1.29, 1.82) is 0 Å². The van der Waals surface area contributed by atoms with Gasteiger partial charge in [0.2, 0.25) is 11.8 Å². The maximum atomic E-state index is 12.0. The lowest BCUT2D eigenvalue weighted by atomic mass is 10.0. The number of aromatic amines is 1. The molecule has 7 nitrogen and oxygen atoms in total. The van der Waals surface area contributed by atoms with E-state index in [9.17, 15) is 9.90 Å². The molecule has 0 aliphatic carbocycles. The Balaban J connectivity index is 1.96. The highest BCUT2D eigenvalue weighted by atomic mass is 35.5. The summed E-state index contributed by atoms with van der Waals surface area (Å²) >= 11 is 12.7. The zero-order chi connectivity index (χ0) is 19.1. The van der Waals surface area contributed by atoms with Crippen LogP contribution in [-0.4, -0.2) is 51.1 Å². The molecule has 1 aliphatic rings. The molecular weight excluding hydrogens is 391 g/mol. The number of aliphatic hydroxyl groups is 1. The van der Waals surface area contributed by atoms with Crippen LogP contribution in [-0.2, 0) is 17.8 Å². The van der Waals surface area contributed by atoms with Gasteiger partial charge in [0.25, 0.3) is 0 Å². The summed E-state index contributed by atoms with van der Waals surface area (Å²) in [7, 11) is 1.54. The minimum Gasteiger partial charge on any atom is -0.481 e. The number of H-pyrrole nitrogens is 1. The first-order valence-electron chi connectivity index (χ1n) is 8.32. The number of nitrogens with zero attached hydrogens (tertiary/aromatic N) is 3. The Morgan fingerprint density at radius 1 is 1.37 bits per heavy atom. The van der Waals surface area contributed by atoms with Gasteiger partial charge in [0.1, 0.15) is 17.3 Å². The van der Waals surface area contributed by atoms with Crippen molar-refractivity contribution in [1.82, 2.24) is 19.9 Å². The Hall–Kier alpha value is -2.35. The number of nitrogens with one attached hydrogen (secondary N) is 1. The predicted molar refractivity (Wildman–Crippen MR) is 102 cm³/mol. The summed E-state index contributed by atoms with van der Waals surface area (Å²) in [6.45, 7) is 0.350. The Labute approximate surface area is 164 Å². The van der Waals surface area contributed by atoms with E-state index < -0.39 is 6.61 Å². The zero-order valence-corrected chi connectivity index (χ0v) is 15.9. The van der Waals surface area contributed by atoms with E-state index in [0.29, 0.717) is 47.3 Å². The molecule has 3 aromatic rings. The third-order valence-electron chi connectivity index (χ3n) is 4.68. The lowest BCUT2D eigenvalue weighted by Crippen LogP contribution is -2.37. The zero-order valence-electron chi connectivity index (χ0n) is 14.4. The fourth-order valence-electron chi connectivity index (χ4n) is 3.39. The Morgan fingerprint density at radius 3 is 2.93 bits per heavy atom. The third-order valence-corrected chi connectivity index (χ3v) is 5.42. The summed E-state index contributed by atoms with van der Waals surface area (Å²) in [5.41, 5.74) is 3.70. The molecule has 9 heteroatoms. The van der Waals surface area contributed by atoms with Crippen LogP contribution in [0.25, 0.3) is 22.3 Å². The smallest absolute Gasteiger partial charge is 0.248 e. The molecule has 0 radical (unpaired) electrons. The average Bonchev–Trinajstić information content (AvgIpc) is 3.09. The average molecular weight is 407 g/mol. The van der Waals surface area contributed by atoms with Gasteiger partial charge in [-0.2, -0.15) is 0 Å². The van der Waals surface area contributed by atoms with Gasteiger partial charge in [0, 0.05) is 42.2 Å². The van der Waals surface area contributed by atoms with Gasteiger partial charge < -0.3 is 19.7 Å². The van der Waals surface area contributed by atoms with Gasteiger partial charge in [0.15, 0.2) is 5.15 Å². The second-order valence-electron chi connectivity index (χ2n) is 6.19. The number of carbonyl (C=O) groups excluding carboxylic acids is 1. The van der Waals surface area contributed by atoms with Crippen molar-refractivity contribution < 1.29 is 14.6 Å². The maximum Gasteiger partial charge on any atom is 0.248 e. The van der Waals surface area contributed by atoms with Crippen molar-refractivity contribution in [3.8, 4) is 17.3 Å². The first-order valence-corrected chi connectivity index (χ1v) is 9.07. The number of halogens is 2. The molecule has 1 aliphatic heterocycles. The largest absolute Gasteiger partial charge is 0.481 e. The number of pyridine rings is 2. The molecule has 1 amide bonds. The molecule has 140 valence electrons. The second kappa shape index (κ2) is 6.99. The van der Waals surface area contributed by atoms with Crippen LogP contribution in [0.15, 0.2) is 18.2 Å². The van der Waals surface area contributed by atoms with Crippen molar-refractivity contribution >= 4 is 40.0 Å². The van der Waals surface area contributed by atoms with Crippen molar-refractivity contribution in [3.63, 3.8) is 0 Å². The first kappa shape index (κ1) is 18.0. The third kappa shape index (κ3) is 3.01. The monoisotopic (exact) mass is 406 g/mol. The molecule has 27 heavy (non-hydrogen) atoms. The SMILES string of the molecule is COc1cccc(-c2nc(Cl)c(Cl)c3[nH]c4c(c23)CN(C(=O)CO)CC4)n1. The number of hydrogen-bond donors (Lipinski definition) is 2. The van der Waals surface area contributed by atoms with E-state index in [4.69, 9.17) is 27.9 Å². The van der Waals surface area contributed by atoms with E-state index in [2.05, 4.69) is 15.0 Å². The minimum atomic E-state index is -0.521. The number of hydrogen-bond acceptors (Lipinski definition) is 5. The highest BCUT2D eigenvalue weighted by Crippen LogP contribution is 2.40.